The number of nitrogens with zero attached hydrogens (tertiary/aromatic N) is 2. The van der Waals surface area contributed by atoms with Crippen molar-refractivity contribution in [1.82, 2.24) is 4.98 Å². The van der Waals surface area contributed by atoms with Crippen LogP contribution in [0.3, 0.4) is 0 Å². The van der Waals surface area contributed by atoms with Gasteiger partial charge in [-0.25, -0.2) is 4.98 Å². The number of nitrogen functional groups attached to an aromatic ring is 1. The fraction of sp³-hybridized carbons (Fsp3) is 0.222. The van der Waals surface area contributed by atoms with Crippen LogP contribution in [0.2, 0.25) is 0 Å². The summed E-state index contributed by atoms with van der Waals surface area (Å²) in [6.45, 7) is -0.00484. The van der Waals surface area contributed by atoms with Crippen LogP contribution in [-0.2, 0) is 4.79 Å². The lowest BCUT2D eigenvalue weighted by Crippen LogP contribution is -2.31. The van der Waals surface area contributed by atoms with E-state index in [1.165, 1.54) is 17.2 Å². The number of rotatable bonds is 4. The summed E-state index contributed by atoms with van der Waals surface area (Å²) in [5, 5.41) is 0. The molecule has 2 amide bonds. The summed E-state index contributed by atoms with van der Waals surface area (Å²) < 4.78 is 0. The highest BCUT2D eigenvalue weighted by molar-refractivity contribution is 5.98. The van der Waals surface area contributed by atoms with Gasteiger partial charge < -0.3 is 22.1 Å². The number of anilines is 2. The van der Waals surface area contributed by atoms with Gasteiger partial charge in [-0.05, 0) is 6.07 Å². The minimum atomic E-state index is -0.645. The Kier molecular flexibility index (Phi) is 3.29. The average molecular weight is 223 g/mol. The second-order valence-electron chi connectivity index (χ2n) is 3.32. The minimum Gasteiger partial charge on any atom is -0.397 e. The van der Waals surface area contributed by atoms with Crippen LogP contribution < -0.4 is 22.1 Å². The second kappa shape index (κ2) is 4.47. The highest BCUT2D eigenvalue weighted by atomic mass is 16.1. The van der Waals surface area contributed by atoms with Gasteiger partial charge >= 0.3 is 0 Å². The number of aromatic nitrogens is 1. The number of pyridine rings is 1. The molecule has 0 aliphatic rings. The third-order valence-electron chi connectivity index (χ3n) is 1.97. The summed E-state index contributed by atoms with van der Waals surface area (Å²) in [4.78, 5) is 27.2. The normalized spacial score (nSPS) is 9.81. The Morgan fingerprint density at radius 3 is 2.56 bits per heavy atom. The number of carbonyl (C=O) groups is 2. The summed E-state index contributed by atoms with van der Waals surface area (Å²) >= 11 is 0. The van der Waals surface area contributed by atoms with Gasteiger partial charge in [0.05, 0.1) is 24.0 Å². The molecule has 6 N–H and O–H groups in total. The summed E-state index contributed by atoms with van der Waals surface area (Å²) in [7, 11) is 1.62. The fourth-order valence-corrected chi connectivity index (χ4v) is 1.19. The van der Waals surface area contributed by atoms with Crippen molar-refractivity contribution < 1.29 is 9.59 Å². The zero-order valence-corrected chi connectivity index (χ0v) is 8.80. The van der Waals surface area contributed by atoms with Gasteiger partial charge in [-0.1, -0.05) is 0 Å². The van der Waals surface area contributed by atoms with E-state index in [4.69, 9.17) is 17.2 Å². The Hall–Kier alpha value is -2.31. The minimum absolute atomic E-state index is 0.00484. The zero-order chi connectivity index (χ0) is 12.3. The number of primary amides is 2. The Morgan fingerprint density at radius 2 is 2.06 bits per heavy atom. The van der Waals surface area contributed by atoms with Crippen LogP contribution in [0.5, 0.6) is 0 Å². The maximum absolute atomic E-state index is 11.0. The van der Waals surface area contributed by atoms with E-state index in [-0.39, 0.29) is 17.8 Å². The van der Waals surface area contributed by atoms with E-state index >= 15 is 0 Å². The first-order valence-electron chi connectivity index (χ1n) is 4.46. The summed E-state index contributed by atoms with van der Waals surface area (Å²) in [6.07, 6.45) is 1.31. The monoisotopic (exact) mass is 223 g/mol. The summed E-state index contributed by atoms with van der Waals surface area (Å²) in [5.74, 6) is -0.739. The van der Waals surface area contributed by atoms with Crippen molar-refractivity contribution in [3.63, 3.8) is 0 Å². The van der Waals surface area contributed by atoms with Crippen LogP contribution >= 0.6 is 0 Å². The van der Waals surface area contributed by atoms with E-state index in [2.05, 4.69) is 4.98 Å². The number of hydrogen-bond donors (Lipinski definition) is 3. The largest absolute Gasteiger partial charge is 0.397 e. The Labute approximate surface area is 92.2 Å². The second-order valence-corrected chi connectivity index (χ2v) is 3.32. The molecular formula is C9H13N5O2. The Morgan fingerprint density at radius 1 is 1.44 bits per heavy atom. The number of likely N-dealkylation sites (N-methyl/N-ethyl adjacent to an activating group) is 1. The first kappa shape index (κ1) is 11.8. The third-order valence-corrected chi connectivity index (χ3v) is 1.97. The molecule has 0 saturated carbocycles. The molecule has 0 bridgehead atoms. The van der Waals surface area contributed by atoms with Crippen molar-refractivity contribution in [2.45, 2.75) is 0 Å². The van der Waals surface area contributed by atoms with E-state index in [1.54, 1.807) is 7.05 Å². The predicted octanol–water partition coefficient (Wildman–Crippen LogP) is -1.32. The van der Waals surface area contributed by atoms with Crippen LogP contribution in [0.25, 0.3) is 0 Å². The molecule has 7 heteroatoms. The maximum Gasteiger partial charge on any atom is 0.250 e. The third kappa shape index (κ3) is 2.59. The van der Waals surface area contributed by atoms with Crippen molar-refractivity contribution in [3.05, 3.63) is 17.8 Å². The van der Waals surface area contributed by atoms with Gasteiger partial charge in [0.15, 0.2) is 0 Å². The van der Waals surface area contributed by atoms with E-state index in [0.29, 0.717) is 5.82 Å². The molecule has 86 valence electrons. The smallest absolute Gasteiger partial charge is 0.250 e. The van der Waals surface area contributed by atoms with Crippen molar-refractivity contribution in [3.8, 4) is 0 Å². The van der Waals surface area contributed by atoms with Crippen LogP contribution in [-0.4, -0.2) is 30.4 Å². The molecule has 0 saturated heterocycles. The van der Waals surface area contributed by atoms with Crippen molar-refractivity contribution in [1.29, 1.82) is 0 Å². The lowest BCUT2D eigenvalue weighted by molar-refractivity contribution is -0.116. The molecule has 0 atom stereocenters. The fourth-order valence-electron chi connectivity index (χ4n) is 1.19. The zero-order valence-electron chi connectivity index (χ0n) is 8.80. The SMILES string of the molecule is CN(CC(N)=O)c1cc(C(N)=O)c(N)cn1. The number of nitrogens with two attached hydrogens (primary N) is 3. The first-order valence-corrected chi connectivity index (χ1v) is 4.46. The summed E-state index contributed by atoms with van der Waals surface area (Å²) in [5.41, 5.74) is 16.0. The lowest BCUT2D eigenvalue weighted by Gasteiger charge is -2.16. The molecule has 16 heavy (non-hydrogen) atoms. The molecule has 1 aromatic rings. The van der Waals surface area contributed by atoms with E-state index in [0.717, 1.165) is 0 Å². The average Bonchev–Trinajstić information content (AvgIpc) is 2.16. The molecule has 1 heterocycles. The standard InChI is InChI=1S/C9H13N5O2/c1-14(4-7(11)15)8-2-5(9(12)16)6(10)3-13-8/h2-3H,4,10H2,1H3,(H2,11,15)(H2,12,16). The van der Waals surface area contributed by atoms with E-state index in [9.17, 15) is 9.59 Å². The molecule has 0 aromatic carbocycles. The van der Waals surface area contributed by atoms with Crippen LogP contribution in [0, 0.1) is 0 Å². The molecule has 0 radical (unpaired) electrons. The van der Waals surface area contributed by atoms with Crippen molar-refractivity contribution in [2.24, 2.45) is 11.5 Å². The van der Waals surface area contributed by atoms with Gasteiger partial charge in [0.1, 0.15) is 5.82 Å². The molecule has 0 spiro atoms. The molecule has 1 aromatic heterocycles. The van der Waals surface area contributed by atoms with Crippen molar-refractivity contribution >= 4 is 23.3 Å². The van der Waals surface area contributed by atoms with Gasteiger partial charge in [0.25, 0.3) is 5.91 Å². The predicted molar refractivity (Wildman–Crippen MR) is 59.6 cm³/mol. The molecule has 0 fully saturated rings. The van der Waals surface area contributed by atoms with Gasteiger partial charge in [0.2, 0.25) is 5.91 Å². The van der Waals surface area contributed by atoms with Crippen LogP contribution in [0.1, 0.15) is 10.4 Å². The number of hydrogen-bond acceptors (Lipinski definition) is 5. The Balaban J connectivity index is 3.02. The first-order chi connectivity index (χ1) is 7.41. The van der Waals surface area contributed by atoms with Gasteiger partial charge in [-0.15, -0.1) is 0 Å². The highest BCUT2D eigenvalue weighted by Gasteiger charge is 2.11. The number of carbonyl (C=O) groups excluding carboxylic acids is 2. The lowest BCUT2D eigenvalue weighted by atomic mass is 10.2. The highest BCUT2D eigenvalue weighted by Crippen LogP contribution is 2.16. The molecule has 0 aliphatic carbocycles. The molecule has 0 aliphatic heterocycles. The van der Waals surface area contributed by atoms with Gasteiger partial charge in [-0.3, -0.25) is 9.59 Å². The van der Waals surface area contributed by atoms with E-state index < -0.39 is 11.8 Å². The van der Waals surface area contributed by atoms with E-state index in [1.807, 2.05) is 0 Å². The summed E-state index contributed by atoms with van der Waals surface area (Å²) in [6, 6.07) is 1.42. The van der Waals surface area contributed by atoms with Gasteiger partial charge in [-0.2, -0.15) is 0 Å². The molecule has 7 nitrogen and oxygen atoms in total. The van der Waals surface area contributed by atoms with Crippen LogP contribution in [0.15, 0.2) is 12.3 Å². The molecule has 0 unspecified atom stereocenters. The number of amides is 2. The van der Waals surface area contributed by atoms with Crippen LogP contribution in [0.4, 0.5) is 11.5 Å². The topological polar surface area (TPSA) is 128 Å². The molecule has 1 rings (SSSR count). The quantitative estimate of drug-likeness (QED) is 0.583. The maximum atomic E-state index is 11.0. The van der Waals surface area contributed by atoms with Crippen molar-refractivity contribution in [2.75, 3.05) is 24.2 Å². The van der Waals surface area contributed by atoms with Gasteiger partial charge in [0, 0.05) is 7.05 Å². The molecular weight excluding hydrogens is 210 g/mol. The Bertz CT molecular complexity index is 432.